The lowest BCUT2D eigenvalue weighted by molar-refractivity contribution is -0.0904. The third kappa shape index (κ3) is 3.70. The van der Waals surface area contributed by atoms with Crippen LogP contribution in [-0.2, 0) is 9.47 Å². The molecule has 5 rings (SSSR count). The summed E-state index contributed by atoms with van der Waals surface area (Å²) < 4.78 is 18.3. The van der Waals surface area contributed by atoms with Crippen molar-refractivity contribution >= 4 is 11.3 Å². The van der Waals surface area contributed by atoms with Crippen LogP contribution in [0.4, 0.5) is 0 Å². The molecule has 27 heavy (non-hydrogen) atoms. The molecule has 6 nitrogen and oxygen atoms in total. The highest BCUT2D eigenvalue weighted by atomic mass is 32.1. The highest BCUT2D eigenvalue weighted by molar-refractivity contribution is 7.13. The van der Waals surface area contributed by atoms with Crippen molar-refractivity contribution in [1.82, 2.24) is 15.1 Å². The molecule has 2 saturated heterocycles. The van der Waals surface area contributed by atoms with E-state index in [4.69, 9.17) is 13.9 Å². The van der Waals surface area contributed by atoms with Crippen LogP contribution in [0.1, 0.15) is 56.9 Å². The van der Waals surface area contributed by atoms with Gasteiger partial charge in [-0.2, -0.15) is 0 Å². The van der Waals surface area contributed by atoms with Gasteiger partial charge in [-0.25, -0.2) is 0 Å². The van der Waals surface area contributed by atoms with Crippen LogP contribution in [0.5, 0.6) is 0 Å². The molecule has 1 spiro atoms. The smallest absolute Gasteiger partial charge is 0.257 e. The van der Waals surface area contributed by atoms with Gasteiger partial charge in [0, 0.05) is 13.1 Å². The van der Waals surface area contributed by atoms with Gasteiger partial charge in [0.15, 0.2) is 0 Å². The molecule has 1 aliphatic carbocycles. The molecule has 1 saturated carbocycles. The van der Waals surface area contributed by atoms with Crippen molar-refractivity contribution < 1.29 is 13.9 Å². The first-order chi connectivity index (χ1) is 13.3. The predicted octanol–water partition coefficient (Wildman–Crippen LogP) is 4.05. The summed E-state index contributed by atoms with van der Waals surface area (Å²) in [4.78, 5) is 3.43. The number of nitrogens with zero attached hydrogens (tertiary/aromatic N) is 3. The van der Waals surface area contributed by atoms with Crippen LogP contribution >= 0.6 is 11.3 Å². The summed E-state index contributed by atoms with van der Waals surface area (Å²) in [6.07, 6.45) is 9.17. The Kier molecular flexibility index (Phi) is 5.02. The van der Waals surface area contributed by atoms with Gasteiger partial charge in [0.2, 0.25) is 5.89 Å². The van der Waals surface area contributed by atoms with Gasteiger partial charge in [-0.05, 0) is 37.1 Å². The maximum atomic E-state index is 6.59. The van der Waals surface area contributed by atoms with E-state index < -0.39 is 0 Å². The molecule has 2 aliphatic heterocycles. The zero-order chi connectivity index (χ0) is 18.1. The molecule has 3 fully saturated rings. The van der Waals surface area contributed by atoms with Crippen molar-refractivity contribution in [2.45, 2.75) is 62.7 Å². The fourth-order valence-corrected chi connectivity index (χ4v) is 5.45. The van der Waals surface area contributed by atoms with Gasteiger partial charge in [-0.15, -0.1) is 21.5 Å². The van der Waals surface area contributed by atoms with Crippen LogP contribution in [-0.4, -0.2) is 53.1 Å². The fraction of sp³-hybridized carbons (Fsp3) is 0.700. The average molecular weight is 390 g/mol. The zero-order valence-corrected chi connectivity index (χ0v) is 16.5. The van der Waals surface area contributed by atoms with Crippen LogP contribution in [0.25, 0.3) is 10.8 Å². The Morgan fingerprint density at radius 1 is 1.19 bits per heavy atom. The number of thiophene rings is 1. The Bertz CT molecular complexity index is 742. The first-order valence-corrected chi connectivity index (χ1v) is 11.1. The second-order valence-electron chi connectivity index (χ2n) is 8.03. The lowest BCUT2D eigenvalue weighted by atomic mass is 9.83. The van der Waals surface area contributed by atoms with Crippen molar-refractivity contribution in [3.8, 4) is 10.8 Å². The molecule has 146 valence electrons. The van der Waals surface area contributed by atoms with E-state index in [1.165, 1.54) is 38.5 Å². The van der Waals surface area contributed by atoms with E-state index in [-0.39, 0.29) is 11.6 Å². The second-order valence-corrected chi connectivity index (χ2v) is 8.98. The minimum absolute atomic E-state index is 0.0199. The normalized spacial score (nSPS) is 28.7. The second kappa shape index (κ2) is 7.62. The molecule has 2 aromatic heterocycles. The van der Waals surface area contributed by atoms with E-state index in [1.54, 1.807) is 11.3 Å². The molecule has 2 unspecified atom stereocenters. The SMILES string of the molecule is c1csc(-c2nnc(C3COCCN3CC3CCC4(CCCCC4)O3)o2)c1. The van der Waals surface area contributed by atoms with E-state index in [2.05, 4.69) is 15.1 Å². The van der Waals surface area contributed by atoms with Gasteiger partial charge >= 0.3 is 0 Å². The van der Waals surface area contributed by atoms with Crippen LogP contribution in [0.15, 0.2) is 21.9 Å². The van der Waals surface area contributed by atoms with Gasteiger partial charge in [-0.3, -0.25) is 4.90 Å². The molecule has 0 aromatic carbocycles. The molecular formula is C20H27N3O3S. The van der Waals surface area contributed by atoms with Crippen LogP contribution in [0.2, 0.25) is 0 Å². The third-order valence-electron chi connectivity index (χ3n) is 6.24. The van der Waals surface area contributed by atoms with Crippen molar-refractivity contribution in [2.75, 3.05) is 26.3 Å². The monoisotopic (exact) mass is 389 g/mol. The van der Waals surface area contributed by atoms with Gasteiger partial charge in [0.1, 0.15) is 6.04 Å². The Morgan fingerprint density at radius 3 is 2.96 bits per heavy atom. The van der Waals surface area contributed by atoms with Gasteiger partial charge in [0.05, 0.1) is 29.8 Å². The Labute approximate surface area is 163 Å². The Morgan fingerprint density at radius 2 is 2.11 bits per heavy atom. The van der Waals surface area contributed by atoms with Crippen LogP contribution in [0.3, 0.4) is 0 Å². The zero-order valence-electron chi connectivity index (χ0n) is 15.6. The number of ether oxygens (including phenoxy) is 2. The molecule has 0 amide bonds. The maximum Gasteiger partial charge on any atom is 0.257 e. The molecule has 0 bridgehead atoms. The van der Waals surface area contributed by atoms with E-state index in [0.29, 0.717) is 24.5 Å². The fourth-order valence-electron chi connectivity index (χ4n) is 4.80. The summed E-state index contributed by atoms with van der Waals surface area (Å²) in [5, 5.41) is 10.6. The molecule has 2 atom stereocenters. The number of rotatable bonds is 4. The third-order valence-corrected chi connectivity index (χ3v) is 7.10. The summed E-state index contributed by atoms with van der Waals surface area (Å²) in [6.45, 7) is 3.16. The maximum absolute atomic E-state index is 6.59. The molecule has 0 radical (unpaired) electrons. The van der Waals surface area contributed by atoms with Gasteiger partial charge in [-0.1, -0.05) is 25.3 Å². The minimum Gasteiger partial charge on any atom is -0.418 e. The summed E-state index contributed by atoms with van der Waals surface area (Å²) in [5.74, 6) is 1.26. The van der Waals surface area contributed by atoms with Crippen molar-refractivity contribution in [3.05, 3.63) is 23.4 Å². The topological polar surface area (TPSA) is 60.6 Å². The highest BCUT2D eigenvalue weighted by Gasteiger charge is 2.42. The number of hydrogen-bond acceptors (Lipinski definition) is 7. The van der Waals surface area contributed by atoms with E-state index in [9.17, 15) is 0 Å². The highest BCUT2D eigenvalue weighted by Crippen LogP contribution is 2.42. The lowest BCUT2D eigenvalue weighted by Crippen LogP contribution is -2.44. The Balaban J connectivity index is 1.27. The first kappa shape index (κ1) is 17.8. The minimum atomic E-state index is 0.0199. The van der Waals surface area contributed by atoms with E-state index in [1.807, 2.05) is 17.5 Å². The number of hydrogen-bond donors (Lipinski definition) is 0. The molecule has 3 aliphatic rings. The van der Waals surface area contributed by atoms with Gasteiger partial charge in [0.25, 0.3) is 5.89 Å². The summed E-state index contributed by atoms with van der Waals surface area (Å²) in [5.41, 5.74) is 0.168. The largest absolute Gasteiger partial charge is 0.418 e. The van der Waals surface area contributed by atoms with Crippen LogP contribution in [0, 0.1) is 0 Å². The number of aromatic nitrogens is 2. The van der Waals surface area contributed by atoms with Crippen molar-refractivity contribution in [3.63, 3.8) is 0 Å². The van der Waals surface area contributed by atoms with E-state index in [0.717, 1.165) is 31.0 Å². The van der Waals surface area contributed by atoms with E-state index >= 15 is 0 Å². The summed E-state index contributed by atoms with van der Waals surface area (Å²) in [7, 11) is 0. The molecule has 2 aromatic rings. The molecular weight excluding hydrogens is 362 g/mol. The van der Waals surface area contributed by atoms with Crippen molar-refractivity contribution in [2.24, 2.45) is 0 Å². The Hall–Kier alpha value is -1.28. The van der Waals surface area contributed by atoms with Crippen molar-refractivity contribution in [1.29, 1.82) is 0 Å². The first-order valence-electron chi connectivity index (χ1n) is 10.2. The number of morpholine rings is 1. The predicted molar refractivity (Wildman–Crippen MR) is 103 cm³/mol. The van der Waals surface area contributed by atoms with Crippen LogP contribution < -0.4 is 0 Å². The molecule has 0 N–H and O–H groups in total. The summed E-state index contributed by atoms with van der Waals surface area (Å²) in [6, 6.07) is 4.03. The molecule has 7 heteroatoms. The quantitative estimate of drug-likeness (QED) is 0.786. The lowest BCUT2D eigenvalue weighted by Gasteiger charge is -2.37. The van der Waals surface area contributed by atoms with Gasteiger partial charge < -0.3 is 13.9 Å². The molecule has 4 heterocycles. The summed E-state index contributed by atoms with van der Waals surface area (Å²) >= 11 is 1.61. The average Bonchev–Trinajstić information content (AvgIpc) is 3.44. The standard InChI is InChI=1S/C20H27N3O3S/c1-2-7-20(8-3-1)9-6-15(26-20)13-23-10-11-24-14-16(23)18-21-22-19(25-18)17-5-4-12-27-17/h4-5,12,15-16H,1-3,6-11,13-14H2.